The number of carbonyl (C=O) groups is 2. The molecule has 1 N–H and O–H groups in total. The first-order valence-corrected chi connectivity index (χ1v) is 10.3. The van der Waals surface area contributed by atoms with Crippen LogP contribution in [0.25, 0.3) is 5.76 Å². The molecule has 0 aromatic heterocycles. The van der Waals surface area contributed by atoms with Gasteiger partial charge in [0, 0.05) is 15.7 Å². The number of benzene rings is 3. The lowest BCUT2D eigenvalue weighted by molar-refractivity contribution is -0.140. The zero-order chi connectivity index (χ0) is 20.4. The molecule has 5 heteroatoms. The number of amides is 1. The highest BCUT2D eigenvalue weighted by Gasteiger charge is 2.45. The minimum atomic E-state index is -0.661. The fourth-order valence-electron chi connectivity index (χ4n) is 3.57. The molecule has 0 radical (unpaired) electrons. The maximum Gasteiger partial charge on any atom is 0.295 e. The van der Waals surface area contributed by atoms with Crippen molar-refractivity contribution in [2.24, 2.45) is 0 Å². The van der Waals surface area contributed by atoms with Crippen molar-refractivity contribution in [2.75, 3.05) is 0 Å². The second-order valence-electron chi connectivity index (χ2n) is 6.83. The zero-order valence-corrected chi connectivity index (χ0v) is 17.6. The van der Waals surface area contributed by atoms with E-state index < -0.39 is 17.7 Å². The third-order valence-electron chi connectivity index (χ3n) is 4.97. The number of likely N-dealkylation sites (tertiary alicyclic amines) is 1. The summed E-state index contributed by atoms with van der Waals surface area (Å²) >= 11 is 2.21. The number of aliphatic hydroxyl groups excluding tert-OH is 1. The van der Waals surface area contributed by atoms with Gasteiger partial charge in [-0.2, -0.15) is 0 Å². The minimum absolute atomic E-state index is 0.123. The van der Waals surface area contributed by atoms with E-state index in [-0.39, 0.29) is 17.9 Å². The summed E-state index contributed by atoms with van der Waals surface area (Å²) in [5, 5.41) is 11.0. The molecule has 1 atom stereocenters. The number of ketones is 1. The summed E-state index contributed by atoms with van der Waals surface area (Å²) in [4.78, 5) is 27.4. The van der Waals surface area contributed by atoms with E-state index in [1.165, 1.54) is 4.90 Å². The van der Waals surface area contributed by atoms with Gasteiger partial charge in [0.2, 0.25) is 0 Å². The number of nitrogens with zero attached hydrogens (tertiary/aromatic N) is 1. The number of halogens is 1. The lowest BCUT2D eigenvalue weighted by Gasteiger charge is -2.25. The number of aliphatic hydroxyl groups is 1. The van der Waals surface area contributed by atoms with Gasteiger partial charge < -0.3 is 10.0 Å². The van der Waals surface area contributed by atoms with Gasteiger partial charge in [-0.1, -0.05) is 72.8 Å². The number of hydrogen-bond donors (Lipinski definition) is 1. The molecule has 1 aliphatic heterocycles. The molecule has 3 aromatic rings. The SMILES string of the molecule is O=C1C(=O)N(Cc2ccccc2)C(c2ccc(I)cc2)/C1=C(\O)c1ccccc1. The number of rotatable bonds is 4. The van der Waals surface area contributed by atoms with Crippen LogP contribution in [0.3, 0.4) is 0 Å². The molecule has 1 fully saturated rings. The van der Waals surface area contributed by atoms with Crippen LogP contribution in [0.4, 0.5) is 0 Å². The van der Waals surface area contributed by atoms with Gasteiger partial charge in [-0.05, 0) is 45.9 Å². The molecule has 1 heterocycles. The van der Waals surface area contributed by atoms with Crippen LogP contribution in [0, 0.1) is 3.57 Å². The van der Waals surface area contributed by atoms with Crippen LogP contribution in [-0.4, -0.2) is 21.7 Å². The first kappa shape index (κ1) is 19.4. The Bertz CT molecular complexity index is 1080. The van der Waals surface area contributed by atoms with Crippen molar-refractivity contribution in [3.8, 4) is 0 Å². The molecule has 144 valence electrons. The monoisotopic (exact) mass is 495 g/mol. The van der Waals surface area contributed by atoms with Gasteiger partial charge in [-0.25, -0.2) is 0 Å². The van der Waals surface area contributed by atoms with Crippen LogP contribution in [0.1, 0.15) is 22.7 Å². The molecule has 0 saturated carbocycles. The molecule has 1 unspecified atom stereocenters. The van der Waals surface area contributed by atoms with E-state index in [9.17, 15) is 14.7 Å². The average molecular weight is 495 g/mol. The Labute approximate surface area is 182 Å². The van der Waals surface area contributed by atoms with Gasteiger partial charge in [0.15, 0.2) is 0 Å². The third-order valence-corrected chi connectivity index (χ3v) is 5.69. The number of carbonyl (C=O) groups excluding carboxylic acids is 2. The maximum absolute atomic E-state index is 13.0. The molecular weight excluding hydrogens is 477 g/mol. The molecule has 1 saturated heterocycles. The second-order valence-corrected chi connectivity index (χ2v) is 8.08. The van der Waals surface area contributed by atoms with Crippen LogP contribution in [0.15, 0.2) is 90.5 Å². The van der Waals surface area contributed by atoms with E-state index in [0.717, 1.165) is 14.7 Å². The summed E-state index contributed by atoms with van der Waals surface area (Å²) in [5.74, 6) is -1.41. The fraction of sp³-hybridized carbons (Fsp3) is 0.0833. The van der Waals surface area contributed by atoms with Gasteiger partial charge in [0.1, 0.15) is 5.76 Å². The van der Waals surface area contributed by atoms with Crippen molar-refractivity contribution in [1.82, 2.24) is 4.90 Å². The molecular formula is C24H18INO3. The van der Waals surface area contributed by atoms with Crippen molar-refractivity contribution in [1.29, 1.82) is 0 Å². The van der Waals surface area contributed by atoms with Crippen LogP contribution in [-0.2, 0) is 16.1 Å². The van der Waals surface area contributed by atoms with Crippen LogP contribution in [0.2, 0.25) is 0 Å². The van der Waals surface area contributed by atoms with Gasteiger partial charge in [-0.15, -0.1) is 0 Å². The summed E-state index contributed by atoms with van der Waals surface area (Å²) in [6.45, 7) is 0.285. The number of hydrogen-bond acceptors (Lipinski definition) is 3. The molecule has 0 aliphatic carbocycles. The highest BCUT2D eigenvalue weighted by atomic mass is 127. The Kier molecular flexibility index (Phi) is 5.49. The fourth-order valence-corrected chi connectivity index (χ4v) is 3.93. The summed E-state index contributed by atoms with van der Waals surface area (Å²) in [6.07, 6.45) is 0. The normalized spacial score (nSPS) is 18.2. The molecule has 3 aromatic carbocycles. The quantitative estimate of drug-likeness (QED) is 0.242. The summed E-state index contributed by atoms with van der Waals surface area (Å²) < 4.78 is 1.05. The smallest absolute Gasteiger partial charge is 0.295 e. The lowest BCUT2D eigenvalue weighted by atomic mass is 9.95. The van der Waals surface area contributed by atoms with Gasteiger partial charge >= 0.3 is 0 Å². The van der Waals surface area contributed by atoms with Crippen molar-refractivity contribution < 1.29 is 14.7 Å². The number of Topliss-reactive ketones (excluding diaryl/α,β-unsaturated/α-hetero) is 1. The lowest BCUT2D eigenvalue weighted by Crippen LogP contribution is -2.29. The molecule has 4 nitrogen and oxygen atoms in total. The Balaban J connectivity index is 1.86. The largest absolute Gasteiger partial charge is 0.507 e. The van der Waals surface area contributed by atoms with Gasteiger partial charge in [0.05, 0.1) is 11.6 Å². The molecule has 4 rings (SSSR count). The molecule has 29 heavy (non-hydrogen) atoms. The zero-order valence-electron chi connectivity index (χ0n) is 15.5. The standard InChI is InChI=1S/C24H18INO3/c25-19-13-11-17(12-14-19)21-20(22(27)18-9-5-2-6-10-18)23(28)24(29)26(21)15-16-7-3-1-4-8-16/h1-14,21,27H,15H2/b22-20+. The van der Waals surface area contributed by atoms with E-state index >= 15 is 0 Å². The maximum atomic E-state index is 13.0. The van der Waals surface area contributed by atoms with Gasteiger partial charge in [0.25, 0.3) is 11.7 Å². The van der Waals surface area contributed by atoms with Crippen molar-refractivity contribution in [2.45, 2.75) is 12.6 Å². The van der Waals surface area contributed by atoms with Crippen molar-refractivity contribution in [3.05, 3.63) is 111 Å². The summed E-state index contributed by atoms with van der Waals surface area (Å²) in [7, 11) is 0. The molecule has 1 amide bonds. The predicted molar refractivity (Wildman–Crippen MR) is 120 cm³/mol. The summed E-state index contributed by atoms with van der Waals surface area (Å²) in [6, 6.07) is 25.4. The Morgan fingerprint density at radius 1 is 0.862 bits per heavy atom. The van der Waals surface area contributed by atoms with E-state index in [1.807, 2.05) is 60.7 Å². The topological polar surface area (TPSA) is 57.6 Å². The van der Waals surface area contributed by atoms with E-state index in [0.29, 0.717) is 5.56 Å². The highest BCUT2D eigenvalue weighted by molar-refractivity contribution is 14.1. The van der Waals surface area contributed by atoms with Crippen LogP contribution in [0.5, 0.6) is 0 Å². The minimum Gasteiger partial charge on any atom is -0.507 e. The Hall–Kier alpha value is -2.93. The van der Waals surface area contributed by atoms with Crippen LogP contribution >= 0.6 is 22.6 Å². The van der Waals surface area contributed by atoms with E-state index in [1.54, 1.807) is 24.3 Å². The van der Waals surface area contributed by atoms with E-state index in [4.69, 9.17) is 0 Å². The first-order valence-electron chi connectivity index (χ1n) is 9.19. The molecule has 0 spiro atoms. The second kappa shape index (κ2) is 8.21. The van der Waals surface area contributed by atoms with E-state index in [2.05, 4.69) is 22.6 Å². The average Bonchev–Trinajstić information content (AvgIpc) is 3.00. The molecule has 0 bridgehead atoms. The first-order chi connectivity index (χ1) is 14.1. The third kappa shape index (κ3) is 3.82. The van der Waals surface area contributed by atoms with Crippen LogP contribution < -0.4 is 0 Å². The van der Waals surface area contributed by atoms with Crippen molar-refractivity contribution >= 4 is 40.0 Å². The summed E-state index contributed by atoms with van der Waals surface area (Å²) in [5.41, 5.74) is 2.35. The molecule has 1 aliphatic rings. The Morgan fingerprint density at radius 3 is 2.07 bits per heavy atom. The Morgan fingerprint density at radius 2 is 1.45 bits per heavy atom. The van der Waals surface area contributed by atoms with Crippen molar-refractivity contribution in [3.63, 3.8) is 0 Å². The predicted octanol–water partition coefficient (Wildman–Crippen LogP) is 4.91. The highest BCUT2D eigenvalue weighted by Crippen LogP contribution is 2.40. The van der Waals surface area contributed by atoms with Gasteiger partial charge in [-0.3, -0.25) is 9.59 Å².